The monoisotopic (exact) mass is 327 g/mol. The van der Waals surface area contributed by atoms with Crippen molar-refractivity contribution < 1.29 is 14.3 Å². The fourth-order valence-corrected chi connectivity index (χ4v) is 2.68. The van der Waals surface area contributed by atoms with Crippen molar-refractivity contribution in [2.45, 2.75) is 72.4 Å². The van der Waals surface area contributed by atoms with E-state index in [1.54, 1.807) is 0 Å². The molecule has 0 bridgehead atoms. The second-order valence-electron chi connectivity index (χ2n) is 7.47. The Hall–Kier alpha value is -1.30. The molecular weight excluding hydrogens is 294 g/mol. The molecule has 6 nitrogen and oxygen atoms in total. The minimum atomic E-state index is -0.541. The number of amides is 2. The minimum absolute atomic E-state index is 0.0594. The summed E-state index contributed by atoms with van der Waals surface area (Å²) in [5.74, 6) is 0.216. The molecule has 2 amide bonds. The van der Waals surface area contributed by atoms with Gasteiger partial charge >= 0.3 is 6.09 Å². The van der Waals surface area contributed by atoms with Crippen molar-refractivity contribution >= 4 is 12.0 Å². The Labute approximate surface area is 140 Å². The predicted molar refractivity (Wildman–Crippen MR) is 90.8 cm³/mol. The number of alkyl carbamates (subject to hydrolysis) is 1. The molecule has 1 N–H and O–H groups in total. The van der Waals surface area contributed by atoms with Gasteiger partial charge in [0.05, 0.1) is 0 Å². The number of nitrogens with zero attached hydrogens (tertiary/aromatic N) is 2. The third-order valence-corrected chi connectivity index (χ3v) is 3.91. The van der Waals surface area contributed by atoms with Gasteiger partial charge in [0.2, 0.25) is 5.91 Å². The average molecular weight is 327 g/mol. The van der Waals surface area contributed by atoms with Crippen molar-refractivity contribution in [1.29, 1.82) is 0 Å². The van der Waals surface area contributed by atoms with Crippen LogP contribution >= 0.6 is 0 Å². The van der Waals surface area contributed by atoms with Crippen LogP contribution in [-0.2, 0) is 9.53 Å². The Morgan fingerprint density at radius 3 is 2.22 bits per heavy atom. The molecule has 0 aromatic rings. The summed E-state index contributed by atoms with van der Waals surface area (Å²) in [4.78, 5) is 24.6. The molecule has 0 radical (unpaired) electrons. The Morgan fingerprint density at radius 2 is 1.78 bits per heavy atom. The SMILES string of the molecule is CCN(C(=O)CC(NC(=O)OC(C)(C)C)C(C)C)N1CCCC1. The molecule has 0 saturated carbocycles. The molecule has 1 rings (SSSR count). The van der Waals surface area contributed by atoms with Crippen LogP contribution in [-0.4, -0.2) is 53.3 Å². The van der Waals surface area contributed by atoms with Crippen molar-refractivity contribution in [2.75, 3.05) is 19.6 Å². The van der Waals surface area contributed by atoms with E-state index in [0.717, 1.165) is 25.9 Å². The first-order valence-corrected chi connectivity index (χ1v) is 8.68. The standard InChI is InChI=1S/C17H33N3O3/c1-7-20(19-10-8-9-11-19)15(21)12-14(13(2)3)18-16(22)23-17(4,5)6/h13-14H,7-12H2,1-6H3,(H,18,22). The normalized spacial score (nSPS) is 17.2. The number of nitrogens with one attached hydrogen (secondary N) is 1. The van der Waals surface area contributed by atoms with Crippen molar-refractivity contribution in [3.8, 4) is 0 Å². The Kier molecular flexibility index (Phi) is 7.32. The van der Waals surface area contributed by atoms with E-state index in [9.17, 15) is 9.59 Å². The van der Waals surface area contributed by atoms with E-state index >= 15 is 0 Å². The highest BCUT2D eigenvalue weighted by molar-refractivity contribution is 5.77. The van der Waals surface area contributed by atoms with Crippen molar-refractivity contribution in [3.05, 3.63) is 0 Å². The highest BCUT2D eigenvalue weighted by Gasteiger charge is 2.28. The van der Waals surface area contributed by atoms with E-state index in [1.165, 1.54) is 0 Å². The fraction of sp³-hybridized carbons (Fsp3) is 0.882. The molecular formula is C17H33N3O3. The summed E-state index contributed by atoms with van der Waals surface area (Å²) >= 11 is 0. The lowest BCUT2D eigenvalue weighted by Crippen LogP contribution is -2.49. The lowest BCUT2D eigenvalue weighted by molar-refractivity contribution is -0.147. The first-order valence-electron chi connectivity index (χ1n) is 8.68. The molecule has 1 fully saturated rings. The van der Waals surface area contributed by atoms with E-state index in [4.69, 9.17) is 4.74 Å². The Bertz CT molecular complexity index is 398. The summed E-state index contributed by atoms with van der Waals surface area (Å²) in [5, 5.41) is 6.78. The summed E-state index contributed by atoms with van der Waals surface area (Å²) < 4.78 is 5.30. The Morgan fingerprint density at radius 1 is 1.22 bits per heavy atom. The van der Waals surface area contributed by atoms with Gasteiger partial charge in [0, 0.05) is 32.1 Å². The largest absolute Gasteiger partial charge is 0.444 e. The van der Waals surface area contributed by atoms with E-state index in [-0.39, 0.29) is 17.9 Å². The van der Waals surface area contributed by atoms with Crippen LogP contribution in [0.25, 0.3) is 0 Å². The van der Waals surface area contributed by atoms with Crippen LogP contribution in [0, 0.1) is 5.92 Å². The van der Waals surface area contributed by atoms with Gasteiger partial charge in [0.25, 0.3) is 0 Å². The number of ether oxygens (including phenoxy) is 1. The summed E-state index contributed by atoms with van der Waals surface area (Å²) in [5.41, 5.74) is -0.541. The highest BCUT2D eigenvalue weighted by Crippen LogP contribution is 2.15. The molecule has 6 heteroatoms. The third kappa shape index (κ3) is 6.77. The number of hydrogen-bond donors (Lipinski definition) is 1. The molecule has 0 aromatic carbocycles. The third-order valence-electron chi connectivity index (χ3n) is 3.91. The van der Waals surface area contributed by atoms with Gasteiger partial charge in [-0.05, 0) is 46.5 Å². The predicted octanol–water partition coefficient (Wildman–Crippen LogP) is 2.79. The quantitative estimate of drug-likeness (QED) is 0.815. The number of hydrogen-bond acceptors (Lipinski definition) is 4. The van der Waals surface area contributed by atoms with Gasteiger partial charge < -0.3 is 10.1 Å². The van der Waals surface area contributed by atoms with E-state index in [0.29, 0.717) is 13.0 Å². The van der Waals surface area contributed by atoms with Crippen LogP contribution in [0.3, 0.4) is 0 Å². The fourth-order valence-electron chi connectivity index (χ4n) is 2.68. The number of hydrazine groups is 1. The van der Waals surface area contributed by atoms with Gasteiger partial charge in [-0.2, -0.15) is 0 Å². The summed E-state index contributed by atoms with van der Waals surface area (Å²) in [7, 11) is 0. The topological polar surface area (TPSA) is 61.9 Å². The molecule has 1 atom stereocenters. The van der Waals surface area contributed by atoms with Crippen molar-refractivity contribution in [2.24, 2.45) is 5.92 Å². The lowest BCUT2D eigenvalue weighted by atomic mass is 10.0. The van der Waals surface area contributed by atoms with Crippen LogP contribution in [0.5, 0.6) is 0 Å². The molecule has 134 valence electrons. The molecule has 1 saturated heterocycles. The second kappa shape index (κ2) is 8.52. The van der Waals surface area contributed by atoms with Crippen LogP contribution in [0.15, 0.2) is 0 Å². The molecule has 23 heavy (non-hydrogen) atoms. The molecule has 0 spiro atoms. The van der Waals surface area contributed by atoms with E-state index in [2.05, 4.69) is 10.3 Å². The minimum Gasteiger partial charge on any atom is -0.444 e. The van der Waals surface area contributed by atoms with Gasteiger partial charge in [-0.15, -0.1) is 0 Å². The Balaban J connectivity index is 2.63. The zero-order valence-electron chi connectivity index (χ0n) is 15.5. The zero-order valence-corrected chi connectivity index (χ0v) is 15.5. The van der Waals surface area contributed by atoms with E-state index in [1.807, 2.05) is 46.6 Å². The van der Waals surface area contributed by atoms with Crippen LogP contribution < -0.4 is 5.32 Å². The highest BCUT2D eigenvalue weighted by atomic mass is 16.6. The second-order valence-corrected chi connectivity index (χ2v) is 7.47. The summed E-state index contributed by atoms with van der Waals surface area (Å²) in [6.07, 6.45) is 2.09. The molecule has 1 aliphatic heterocycles. The average Bonchev–Trinajstić information content (AvgIpc) is 2.90. The maximum absolute atomic E-state index is 12.6. The number of rotatable bonds is 6. The van der Waals surface area contributed by atoms with Crippen molar-refractivity contribution in [3.63, 3.8) is 0 Å². The smallest absolute Gasteiger partial charge is 0.407 e. The molecule has 1 heterocycles. The van der Waals surface area contributed by atoms with Gasteiger partial charge in [0.15, 0.2) is 0 Å². The van der Waals surface area contributed by atoms with Gasteiger partial charge in [-0.1, -0.05) is 13.8 Å². The number of carbonyl (C=O) groups is 2. The van der Waals surface area contributed by atoms with Gasteiger partial charge in [-0.3, -0.25) is 9.80 Å². The molecule has 0 aromatic heterocycles. The molecule has 1 aliphatic rings. The first-order chi connectivity index (χ1) is 10.6. The van der Waals surface area contributed by atoms with Gasteiger partial charge in [0.1, 0.15) is 5.60 Å². The summed E-state index contributed by atoms with van der Waals surface area (Å²) in [6.45, 7) is 14.0. The summed E-state index contributed by atoms with van der Waals surface area (Å²) in [6, 6.07) is -0.228. The van der Waals surface area contributed by atoms with E-state index < -0.39 is 11.7 Å². The maximum Gasteiger partial charge on any atom is 0.407 e. The molecule has 0 aliphatic carbocycles. The maximum atomic E-state index is 12.6. The van der Waals surface area contributed by atoms with Crippen molar-refractivity contribution in [1.82, 2.24) is 15.3 Å². The number of carbonyl (C=O) groups excluding carboxylic acids is 2. The molecule has 1 unspecified atom stereocenters. The zero-order chi connectivity index (χ0) is 17.6. The van der Waals surface area contributed by atoms with Crippen LogP contribution in [0.2, 0.25) is 0 Å². The van der Waals surface area contributed by atoms with Crippen LogP contribution in [0.4, 0.5) is 4.79 Å². The van der Waals surface area contributed by atoms with Crippen LogP contribution in [0.1, 0.15) is 60.8 Å². The lowest BCUT2D eigenvalue weighted by Gasteiger charge is -2.33. The first kappa shape index (κ1) is 19.7. The van der Waals surface area contributed by atoms with Gasteiger partial charge in [-0.25, -0.2) is 9.80 Å².